The van der Waals surface area contributed by atoms with Crippen molar-refractivity contribution in [2.75, 3.05) is 54.4 Å². The standard InChI is InChI=1S/C18H22BrFN4O4/c1-12(25)21-10-14-11-24(18(27)28-14)13-2-3-16(15(20)8-13)22-4-6-23(7-5-22)17(26)9-19/h2-3,8,14H,4-7,9-11H2,1H3,(H,21,25)/t14-/m0/s1. The normalized spacial score (nSPS) is 19.6. The summed E-state index contributed by atoms with van der Waals surface area (Å²) >= 11 is 3.16. The molecule has 3 amide bonds. The number of cyclic esters (lactones) is 1. The molecule has 28 heavy (non-hydrogen) atoms. The molecule has 2 heterocycles. The van der Waals surface area contributed by atoms with Gasteiger partial charge in [0.05, 0.1) is 29.8 Å². The van der Waals surface area contributed by atoms with Gasteiger partial charge in [-0.1, -0.05) is 15.9 Å². The Morgan fingerprint density at radius 3 is 2.61 bits per heavy atom. The predicted octanol–water partition coefficient (Wildman–Crippen LogP) is 1.33. The van der Waals surface area contributed by atoms with Crippen LogP contribution in [-0.4, -0.2) is 73.5 Å². The van der Waals surface area contributed by atoms with Crippen LogP contribution in [0, 0.1) is 5.82 Å². The minimum absolute atomic E-state index is 0.0248. The zero-order valence-corrected chi connectivity index (χ0v) is 17.1. The highest BCUT2D eigenvalue weighted by Crippen LogP contribution is 2.28. The summed E-state index contributed by atoms with van der Waals surface area (Å²) in [4.78, 5) is 39.8. The largest absolute Gasteiger partial charge is 0.442 e. The first-order valence-corrected chi connectivity index (χ1v) is 10.1. The number of hydrogen-bond acceptors (Lipinski definition) is 5. The summed E-state index contributed by atoms with van der Waals surface area (Å²) in [7, 11) is 0. The molecule has 0 radical (unpaired) electrons. The third kappa shape index (κ3) is 4.54. The lowest BCUT2D eigenvalue weighted by molar-refractivity contribution is -0.128. The summed E-state index contributed by atoms with van der Waals surface area (Å²) in [5.74, 6) is -0.615. The van der Waals surface area contributed by atoms with Crippen LogP contribution in [0.1, 0.15) is 6.92 Å². The highest BCUT2D eigenvalue weighted by Gasteiger charge is 2.33. The third-order valence-electron chi connectivity index (χ3n) is 4.78. The van der Waals surface area contributed by atoms with E-state index in [1.54, 1.807) is 17.0 Å². The van der Waals surface area contributed by atoms with E-state index >= 15 is 0 Å². The molecule has 2 saturated heterocycles. The fourth-order valence-electron chi connectivity index (χ4n) is 3.30. The van der Waals surface area contributed by atoms with Crippen molar-refractivity contribution >= 4 is 45.2 Å². The third-order valence-corrected chi connectivity index (χ3v) is 5.26. The van der Waals surface area contributed by atoms with Gasteiger partial charge in [0.25, 0.3) is 0 Å². The monoisotopic (exact) mass is 456 g/mol. The van der Waals surface area contributed by atoms with E-state index in [2.05, 4.69) is 21.2 Å². The number of amides is 3. The number of anilines is 2. The first kappa shape index (κ1) is 20.4. The number of piperazine rings is 1. The van der Waals surface area contributed by atoms with E-state index in [1.807, 2.05) is 4.90 Å². The lowest BCUT2D eigenvalue weighted by Gasteiger charge is -2.36. The molecule has 0 bridgehead atoms. The molecule has 1 aromatic carbocycles. The van der Waals surface area contributed by atoms with Gasteiger partial charge in [-0.25, -0.2) is 9.18 Å². The number of carbonyl (C=O) groups excluding carboxylic acids is 3. The molecule has 8 nitrogen and oxygen atoms in total. The van der Waals surface area contributed by atoms with Crippen molar-refractivity contribution in [3.8, 4) is 0 Å². The van der Waals surface area contributed by atoms with Crippen LogP contribution in [0.2, 0.25) is 0 Å². The van der Waals surface area contributed by atoms with Gasteiger partial charge in [-0.05, 0) is 18.2 Å². The average molecular weight is 457 g/mol. The summed E-state index contributed by atoms with van der Waals surface area (Å²) in [6, 6.07) is 4.63. The van der Waals surface area contributed by atoms with E-state index in [9.17, 15) is 18.8 Å². The Kier molecular flexibility index (Phi) is 6.38. The topological polar surface area (TPSA) is 82.2 Å². The lowest BCUT2D eigenvalue weighted by atomic mass is 10.2. The molecule has 0 unspecified atom stereocenters. The molecule has 0 spiro atoms. The van der Waals surface area contributed by atoms with Gasteiger partial charge in [0.15, 0.2) is 0 Å². The summed E-state index contributed by atoms with van der Waals surface area (Å²) in [5, 5.41) is 2.89. The van der Waals surface area contributed by atoms with E-state index in [0.29, 0.717) is 37.6 Å². The molecule has 1 N–H and O–H groups in total. The molecule has 152 valence electrons. The molecule has 0 saturated carbocycles. The number of nitrogens with one attached hydrogen (secondary N) is 1. The van der Waals surface area contributed by atoms with Crippen LogP contribution in [0.3, 0.4) is 0 Å². The molecule has 3 rings (SSSR count). The maximum absolute atomic E-state index is 14.7. The number of nitrogens with zero attached hydrogens (tertiary/aromatic N) is 3. The van der Waals surface area contributed by atoms with Crippen LogP contribution in [0.25, 0.3) is 0 Å². The van der Waals surface area contributed by atoms with Gasteiger partial charge < -0.3 is 19.9 Å². The summed E-state index contributed by atoms with van der Waals surface area (Å²) in [6.07, 6.45) is -1.04. The van der Waals surface area contributed by atoms with Crippen LogP contribution in [-0.2, 0) is 14.3 Å². The number of rotatable bonds is 5. The molecule has 0 aromatic heterocycles. The Balaban J connectivity index is 1.64. The second-order valence-corrected chi connectivity index (χ2v) is 7.25. The van der Waals surface area contributed by atoms with Gasteiger partial charge in [0, 0.05) is 33.1 Å². The van der Waals surface area contributed by atoms with Gasteiger partial charge in [-0.3, -0.25) is 14.5 Å². The highest BCUT2D eigenvalue weighted by atomic mass is 79.9. The van der Waals surface area contributed by atoms with Gasteiger partial charge in [-0.2, -0.15) is 0 Å². The summed E-state index contributed by atoms with van der Waals surface area (Å²) in [5.41, 5.74) is 0.849. The van der Waals surface area contributed by atoms with E-state index in [4.69, 9.17) is 4.74 Å². The van der Waals surface area contributed by atoms with Crippen LogP contribution >= 0.6 is 15.9 Å². The first-order valence-electron chi connectivity index (χ1n) is 9.00. The Morgan fingerprint density at radius 1 is 1.29 bits per heavy atom. The first-order chi connectivity index (χ1) is 13.4. The van der Waals surface area contributed by atoms with Gasteiger partial charge in [-0.15, -0.1) is 0 Å². The molecule has 1 atom stereocenters. The van der Waals surface area contributed by atoms with Crippen molar-refractivity contribution in [3.63, 3.8) is 0 Å². The molecular weight excluding hydrogens is 435 g/mol. The van der Waals surface area contributed by atoms with Crippen molar-refractivity contribution in [1.82, 2.24) is 10.2 Å². The average Bonchev–Trinajstić information content (AvgIpc) is 3.06. The molecule has 1 aromatic rings. The van der Waals surface area contributed by atoms with Gasteiger partial charge in [0.2, 0.25) is 11.8 Å². The van der Waals surface area contributed by atoms with Crippen molar-refractivity contribution < 1.29 is 23.5 Å². The predicted molar refractivity (Wildman–Crippen MR) is 105 cm³/mol. The van der Waals surface area contributed by atoms with Gasteiger partial charge in [0.1, 0.15) is 11.9 Å². The van der Waals surface area contributed by atoms with Crippen LogP contribution in [0.4, 0.5) is 20.6 Å². The summed E-state index contributed by atoms with van der Waals surface area (Å²) in [6.45, 7) is 4.00. The zero-order valence-electron chi connectivity index (χ0n) is 15.5. The maximum Gasteiger partial charge on any atom is 0.414 e. The number of benzene rings is 1. The Hall–Kier alpha value is -2.36. The van der Waals surface area contributed by atoms with E-state index in [0.717, 1.165) is 0 Å². The molecular formula is C18H22BrFN4O4. The number of hydrogen-bond donors (Lipinski definition) is 1. The quantitative estimate of drug-likeness (QED) is 0.675. The van der Waals surface area contributed by atoms with Gasteiger partial charge >= 0.3 is 6.09 Å². The van der Waals surface area contributed by atoms with Crippen molar-refractivity contribution in [2.45, 2.75) is 13.0 Å². The van der Waals surface area contributed by atoms with E-state index in [-0.39, 0.29) is 30.2 Å². The van der Waals surface area contributed by atoms with Crippen molar-refractivity contribution in [3.05, 3.63) is 24.0 Å². The number of halogens is 2. The van der Waals surface area contributed by atoms with E-state index < -0.39 is 18.0 Å². The smallest absolute Gasteiger partial charge is 0.414 e. The SMILES string of the molecule is CC(=O)NC[C@H]1CN(c2ccc(N3CCN(C(=O)CBr)CC3)c(F)c2)C(=O)O1. The minimum atomic E-state index is -0.565. The number of alkyl halides is 1. The Labute approximate surface area is 170 Å². The molecule has 10 heteroatoms. The summed E-state index contributed by atoms with van der Waals surface area (Å²) < 4.78 is 19.9. The molecule has 2 fully saturated rings. The zero-order chi connectivity index (χ0) is 20.3. The molecule has 0 aliphatic carbocycles. The van der Waals surface area contributed by atoms with Crippen LogP contribution < -0.4 is 15.1 Å². The van der Waals surface area contributed by atoms with Crippen LogP contribution in [0.15, 0.2) is 18.2 Å². The second kappa shape index (κ2) is 8.76. The minimum Gasteiger partial charge on any atom is -0.442 e. The van der Waals surface area contributed by atoms with Crippen molar-refractivity contribution in [1.29, 1.82) is 0 Å². The van der Waals surface area contributed by atoms with E-state index in [1.165, 1.54) is 17.9 Å². The fraction of sp³-hybridized carbons (Fsp3) is 0.500. The Morgan fingerprint density at radius 2 is 2.00 bits per heavy atom. The fourth-order valence-corrected chi connectivity index (χ4v) is 3.65. The lowest BCUT2D eigenvalue weighted by Crippen LogP contribution is -2.49. The number of ether oxygens (including phenoxy) is 1. The second-order valence-electron chi connectivity index (χ2n) is 6.69. The number of carbonyl (C=O) groups is 3. The molecule has 2 aliphatic heterocycles. The molecule has 2 aliphatic rings. The van der Waals surface area contributed by atoms with Crippen LogP contribution in [0.5, 0.6) is 0 Å². The highest BCUT2D eigenvalue weighted by molar-refractivity contribution is 9.09. The van der Waals surface area contributed by atoms with Crippen molar-refractivity contribution in [2.24, 2.45) is 0 Å². The maximum atomic E-state index is 14.7. The Bertz CT molecular complexity index is 770.